The van der Waals surface area contributed by atoms with Crippen molar-refractivity contribution >= 4 is 37.5 Å². The summed E-state index contributed by atoms with van der Waals surface area (Å²) in [4.78, 5) is 10.8. The van der Waals surface area contributed by atoms with Crippen molar-refractivity contribution in [1.82, 2.24) is 0 Å². The van der Waals surface area contributed by atoms with E-state index in [4.69, 9.17) is 5.14 Å². The topological polar surface area (TPSA) is 89.3 Å². The van der Waals surface area contributed by atoms with Gasteiger partial charge in [-0.2, -0.15) is 13.2 Å². The molecule has 0 atom stereocenters. The van der Waals surface area contributed by atoms with Crippen molar-refractivity contribution in [1.29, 1.82) is 0 Å². The van der Waals surface area contributed by atoms with Gasteiger partial charge in [0, 0.05) is 4.47 Å². The number of carbonyl (C=O) groups excluding carboxylic acids is 1. The molecule has 0 aromatic heterocycles. The Morgan fingerprint density at radius 3 is 2.37 bits per heavy atom. The van der Waals surface area contributed by atoms with Crippen LogP contribution in [0.3, 0.4) is 0 Å². The molecule has 0 aliphatic rings. The van der Waals surface area contributed by atoms with Crippen LogP contribution in [0.2, 0.25) is 0 Å². The number of benzene rings is 1. The second-order valence-corrected chi connectivity index (χ2v) is 5.94. The zero-order valence-corrected chi connectivity index (χ0v) is 11.6. The van der Waals surface area contributed by atoms with Crippen molar-refractivity contribution in [3.05, 3.63) is 22.7 Å². The smallest absolute Gasteiger partial charge is 0.325 e. The van der Waals surface area contributed by atoms with Crippen LogP contribution in [0.15, 0.2) is 27.6 Å². The molecular formula is C9H8BrF3N2O3S. The standard InChI is InChI=1S/C9H8BrF3N2O3S/c10-6-3-5(19(14,17)18)1-2-7(6)15-8(16)4-9(11,12)13/h1-3H,4H2,(H,15,16)(H2,14,17,18). The SMILES string of the molecule is NS(=O)(=O)c1ccc(NC(=O)CC(F)(F)F)c(Br)c1. The maximum atomic E-state index is 12.0. The van der Waals surface area contributed by atoms with Crippen molar-refractivity contribution in [3.63, 3.8) is 0 Å². The summed E-state index contributed by atoms with van der Waals surface area (Å²) in [5, 5.41) is 6.88. The molecule has 1 aromatic rings. The van der Waals surface area contributed by atoms with Gasteiger partial charge in [-0.15, -0.1) is 0 Å². The van der Waals surface area contributed by atoms with E-state index in [-0.39, 0.29) is 15.1 Å². The lowest BCUT2D eigenvalue weighted by molar-refractivity contribution is -0.150. The van der Waals surface area contributed by atoms with E-state index in [1.54, 1.807) is 0 Å². The van der Waals surface area contributed by atoms with E-state index in [2.05, 4.69) is 15.9 Å². The Kier molecular flexibility index (Phi) is 4.59. The van der Waals surface area contributed by atoms with Gasteiger partial charge in [-0.25, -0.2) is 13.6 Å². The Balaban J connectivity index is 2.90. The van der Waals surface area contributed by atoms with Crippen molar-refractivity contribution in [2.24, 2.45) is 5.14 Å². The summed E-state index contributed by atoms with van der Waals surface area (Å²) in [5.74, 6) is -1.25. The highest BCUT2D eigenvalue weighted by Crippen LogP contribution is 2.26. The molecule has 106 valence electrons. The molecule has 1 aromatic carbocycles. The monoisotopic (exact) mass is 360 g/mol. The molecule has 0 bridgehead atoms. The number of rotatable bonds is 3. The van der Waals surface area contributed by atoms with Gasteiger partial charge in [-0.1, -0.05) is 0 Å². The Labute approximate surface area is 115 Å². The van der Waals surface area contributed by atoms with Gasteiger partial charge in [0.25, 0.3) is 0 Å². The van der Waals surface area contributed by atoms with E-state index in [0.717, 1.165) is 18.2 Å². The first-order valence-corrected chi connectivity index (χ1v) is 7.02. The van der Waals surface area contributed by atoms with Crippen molar-refractivity contribution in [2.45, 2.75) is 17.5 Å². The fourth-order valence-corrected chi connectivity index (χ4v) is 2.32. The molecule has 1 amide bonds. The minimum atomic E-state index is -4.61. The van der Waals surface area contributed by atoms with Crippen molar-refractivity contribution in [3.8, 4) is 0 Å². The number of sulfonamides is 1. The van der Waals surface area contributed by atoms with E-state index in [9.17, 15) is 26.4 Å². The predicted octanol–water partition coefficient (Wildman–Crippen LogP) is 1.99. The van der Waals surface area contributed by atoms with Gasteiger partial charge in [-0.05, 0) is 34.1 Å². The molecule has 0 aliphatic heterocycles. The maximum Gasteiger partial charge on any atom is 0.397 e. The quantitative estimate of drug-likeness (QED) is 0.863. The first kappa shape index (κ1) is 15.9. The molecule has 0 heterocycles. The minimum Gasteiger partial charge on any atom is -0.325 e. The summed E-state index contributed by atoms with van der Waals surface area (Å²) in [6.07, 6.45) is -6.24. The zero-order valence-electron chi connectivity index (χ0n) is 9.16. The third-order valence-corrected chi connectivity index (χ3v) is 3.47. The van der Waals surface area contributed by atoms with Crippen LogP contribution < -0.4 is 10.5 Å². The lowest BCUT2D eigenvalue weighted by atomic mass is 10.3. The lowest BCUT2D eigenvalue weighted by Gasteiger charge is -2.10. The summed E-state index contributed by atoms with van der Waals surface area (Å²) in [6.45, 7) is 0. The number of anilines is 1. The first-order chi connectivity index (χ1) is 8.49. The second kappa shape index (κ2) is 5.47. The number of primary sulfonamides is 1. The summed E-state index contributed by atoms with van der Waals surface area (Å²) in [5.41, 5.74) is 0.0154. The fraction of sp³-hybridized carbons (Fsp3) is 0.222. The van der Waals surface area contributed by atoms with Gasteiger partial charge in [-0.3, -0.25) is 4.79 Å². The molecule has 0 unspecified atom stereocenters. The van der Waals surface area contributed by atoms with Crippen LogP contribution >= 0.6 is 15.9 Å². The molecule has 0 fully saturated rings. The molecule has 0 radical (unpaired) electrons. The van der Waals surface area contributed by atoms with Gasteiger partial charge in [0.05, 0.1) is 10.6 Å². The number of alkyl halides is 3. The Morgan fingerprint density at radius 1 is 1.37 bits per heavy atom. The highest BCUT2D eigenvalue weighted by molar-refractivity contribution is 9.10. The number of carbonyl (C=O) groups is 1. The third kappa shape index (κ3) is 5.17. The Hall–Kier alpha value is -1.13. The van der Waals surface area contributed by atoms with Crippen molar-refractivity contribution in [2.75, 3.05) is 5.32 Å². The molecule has 5 nitrogen and oxygen atoms in total. The molecule has 19 heavy (non-hydrogen) atoms. The van der Waals surface area contributed by atoms with Crippen molar-refractivity contribution < 1.29 is 26.4 Å². The van der Waals surface area contributed by atoms with Crippen LogP contribution in [0.4, 0.5) is 18.9 Å². The Bertz CT molecular complexity index is 601. The van der Waals surface area contributed by atoms with E-state index in [1.165, 1.54) is 0 Å². The Morgan fingerprint density at radius 2 is 1.95 bits per heavy atom. The highest BCUT2D eigenvalue weighted by Gasteiger charge is 2.31. The van der Waals surface area contributed by atoms with E-state index in [1.807, 2.05) is 5.32 Å². The zero-order chi connectivity index (χ0) is 14.8. The molecule has 0 spiro atoms. The number of halogens is 4. The summed E-state index contributed by atoms with van der Waals surface area (Å²) >= 11 is 2.93. The number of nitrogens with one attached hydrogen (secondary N) is 1. The van der Waals surface area contributed by atoms with E-state index < -0.39 is 28.5 Å². The molecule has 0 saturated heterocycles. The highest BCUT2D eigenvalue weighted by atomic mass is 79.9. The number of nitrogens with two attached hydrogens (primary N) is 1. The molecule has 10 heteroatoms. The van der Waals surface area contributed by atoms with Gasteiger partial charge >= 0.3 is 6.18 Å². The van der Waals surface area contributed by atoms with E-state index >= 15 is 0 Å². The van der Waals surface area contributed by atoms with Gasteiger partial charge in [0.1, 0.15) is 6.42 Å². The van der Waals surface area contributed by atoms with Crippen LogP contribution in [0.5, 0.6) is 0 Å². The predicted molar refractivity (Wildman–Crippen MR) is 64.8 cm³/mol. The average Bonchev–Trinajstić information content (AvgIpc) is 2.16. The fourth-order valence-electron chi connectivity index (χ4n) is 1.15. The van der Waals surface area contributed by atoms with Gasteiger partial charge in [0.15, 0.2) is 0 Å². The summed E-state index contributed by atoms with van der Waals surface area (Å²) in [7, 11) is -3.92. The van der Waals surface area contributed by atoms with Crippen LogP contribution in [0.25, 0.3) is 0 Å². The van der Waals surface area contributed by atoms with Gasteiger partial charge in [0.2, 0.25) is 15.9 Å². The largest absolute Gasteiger partial charge is 0.397 e. The molecule has 0 saturated carbocycles. The summed E-state index contributed by atoms with van der Waals surface area (Å²) < 4.78 is 58.0. The maximum absolute atomic E-state index is 12.0. The lowest BCUT2D eigenvalue weighted by Crippen LogP contribution is -2.21. The number of amides is 1. The minimum absolute atomic E-state index is 0.0154. The number of hydrogen-bond donors (Lipinski definition) is 2. The summed E-state index contributed by atoms with van der Waals surface area (Å²) in [6, 6.07) is 3.29. The van der Waals surface area contributed by atoms with Crippen LogP contribution in [-0.4, -0.2) is 20.5 Å². The van der Waals surface area contributed by atoms with Crippen LogP contribution in [-0.2, 0) is 14.8 Å². The normalized spacial score (nSPS) is 12.3. The van der Waals surface area contributed by atoms with Crippen LogP contribution in [0, 0.1) is 0 Å². The van der Waals surface area contributed by atoms with Gasteiger partial charge < -0.3 is 5.32 Å². The van der Waals surface area contributed by atoms with Crippen LogP contribution in [0.1, 0.15) is 6.42 Å². The number of hydrogen-bond acceptors (Lipinski definition) is 3. The van der Waals surface area contributed by atoms with E-state index in [0.29, 0.717) is 0 Å². The second-order valence-electron chi connectivity index (χ2n) is 3.53. The average molecular weight is 361 g/mol. The molecular weight excluding hydrogens is 353 g/mol. The molecule has 1 rings (SSSR count). The third-order valence-electron chi connectivity index (χ3n) is 1.90. The molecule has 0 aliphatic carbocycles. The first-order valence-electron chi connectivity index (χ1n) is 4.68. The molecule has 3 N–H and O–H groups in total.